The molecule has 0 saturated carbocycles. The van der Waals surface area contributed by atoms with Gasteiger partial charge in [0.25, 0.3) is 15.9 Å². The number of fused-ring (bicyclic) bond motifs is 1. The molecule has 0 unspecified atom stereocenters. The number of imidazole rings is 1. The largest absolute Gasteiger partial charge is 0.302 e. The molecule has 1 N–H and O–H groups in total. The van der Waals surface area contributed by atoms with Crippen LogP contribution in [0.15, 0.2) is 58.4 Å². The highest BCUT2D eigenvalue weighted by Crippen LogP contribution is 2.11. The molecular weight excluding hydrogens is 372 g/mol. The number of sulfonamides is 1. The molecule has 3 aromatic rings. The van der Waals surface area contributed by atoms with E-state index < -0.39 is 15.9 Å². The fourth-order valence-electron chi connectivity index (χ4n) is 1.82. The van der Waals surface area contributed by atoms with E-state index in [-0.39, 0.29) is 10.6 Å². The second-order valence-electron chi connectivity index (χ2n) is 4.35. The van der Waals surface area contributed by atoms with Crippen molar-refractivity contribution in [3.63, 3.8) is 0 Å². The maximum absolute atomic E-state index is 12.1. The van der Waals surface area contributed by atoms with E-state index in [1.165, 1.54) is 24.5 Å². The number of nitrogens with zero attached hydrogens (tertiary/aromatic N) is 3. The molecule has 9 heteroatoms. The van der Waals surface area contributed by atoms with Gasteiger partial charge in [0.2, 0.25) is 0 Å². The summed E-state index contributed by atoms with van der Waals surface area (Å²) in [5.41, 5.74) is 0.421. The number of nitrogens with one attached hydrogen (secondary N) is 1. The number of amides is 1. The fraction of sp³-hybridized carbons (Fsp3) is 0. The number of carbonyl (C=O) groups is 1. The van der Waals surface area contributed by atoms with Crippen LogP contribution < -0.4 is 4.72 Å². The standard InChI is InChI=1S/C13H9BrN4O3S/c14-11-8-18-7-10(16-12(18)6-15-11)13(19)17-22(20,21)9-4-2-1-3-5-9/h1-8H,(H,17,19). The van der Waals surface area contributed by atoms with E-state index in [0.29, 0.717) is 10.3 Å². The number of carbonyl (C=O) groups excluding carboxylic acids is 1. The predicted octanol–water partition coefficient (Wildman–Crippen LogP) is 1.61. The first-order valence-electron chi connectivity index (χ1n) is 6.08. The molecule has 0 fully saturated rings. The van der Waals surface area contributed by atoms with E-state index in [2.05, 4.69) is 25.9 Å². The van der Waals surface area contributed by atoms with Gasteiger partial charge in [-0.1, -0.05) is 18.2 Å². The fourth-order valence-corrected chi connectivity index (χ4v) is 3.12. The van der Waals surface area contributed by atoms with Gasteiger partial charge in [-0.25, -0.2) is 23.1 Å². The van der Waals surface area contributed by atoms with Gasteiger partial charge >= 0.3 is 0 Å². The van der Waals surface area contributed by atoms with Gasteiger partial charge in [-0.05, 0) is 28.1 Å². The molecule has 0 saturated heterocycles. The highest BCUT2D eigenvalue weighted by molar-refractivity contribution is 9.10. The van der Waals surface area contributed by atoms with Crippen LogP contribution in [0.1, 0.15) is 10.5 Å². The zero-order valence-electron chi connectivity index (χ0n) is 11.0. The van der Waals surface area contributed by atoms with Crippen molar-refractivity contribution >= 4 is 37.5 Å². The number of benzene rings is 1. The Morgan fingerprint density at radius 3 is 2.64 bits per heavy atom. The van der Waals surface area contributed by atoms with Crippen LogP contribution in [0.5, 0.6) is 0 Å². The van der Waals surface area contributed by atoms with Crippen molar-refractivity contribution < 1.29 is 13.2 Å². The molecule has 2 heterocycles. The first-order chi connectivity index (χ1) is 10.5. The molecule has 112 valence electrons. The van der Waals surface area contributed by atoms with Crippen molar-refractivity contribution in [1.82, 2.24) is 19.1 Å². The van der Waals surface area contributed by atoms with Crippen molar-refractivity contribution in [2.24, 2.45) is 0 Å². The molecule has 3 rings (SSSR count). The van der Waals surface area contributed by atoms with Crippen molar-refractivity contribution in [2.75, 3.05) is 0 Å². The van der Waals surface area contributed by atoms with Crippen molar-refractivity contribution in [1.29, 1.82) is 0 Å². The molecule has 0 bridgehead atoms. The van der Waals surface area contributed by atoms with Gasteiger partial charge in [0.1, 0.15) is 10.3 Å². The minimum absolute atomic E-state index is 0.0107. The topological polar surface area (TPSA) is 93.4 Å². The molecule has 0 radical (unpaired) electrons. The monoisotopic (exact) mass is 380 g/mol. The molecular formula is C13H9BrN4O3S. The smallest absolute Gasteiger partial charge is 0.285 e. The Morgan fingerprint density at radius 1 is 1.18 bits per heavy atom. The normalized spacial score (nSPS) is 11.5. The summed E-state index contributed by atoms with van der Waals surface area (Å²) in [5.74, 6) is -0.802. The predicted molar refractivity (Wildman–Crippen MR) is 81.8 cm³/mol. The lowest BCUT2D eigenvalue weighted by Gasteiger charge is -2.04. The van der Waals surface area contributed by atoms with Gasteiger partial charge in [0, 0.05) is 12.4 Å². The number of halogens is 1. The van der Waals surface area contributed by atoms with Gasteiger partial charge in [0.15, 0.2) is 5.65 Å². The molecule has 0 spiro atoms. The van der Waals surface area contributed by atoms with Crippen LogP contribution >= 0.6 is 15.9 Å². The van der Waals surface area contributed by atoms with Crippen LogP contribution in [0, 0.1) is 0 Å². The molecule has 2 aromatic heterocycles. The van der Waals surface area contributed by atoms with Gasteiger partial charge in [-0.15, -0.1) is 0 Å². The van der Waals surface area contributed by atoms with Crippen molar-refractivity contribution in [3.05, 3.63) is 59.2 Å². The number of hydrogen-bond acceptors (Lipinski definition) is 5. The Bertz CT molecular complexity index is 954. The van der Waals surface area contributed by atoms with Crippen LogP contribution in [0.25, 0.3) is 5.65 Å². The summed E-state index contributed by atoms with van der Waals surface area (Å²) in [7, 11) is -3.93. The third-order valence-electron chi connectivity index (χ3n) is 2.82. The summed E-state index contributed by atoms with van der Waals surface area (Å²) in [6.07, 6.45) is 4.51. The summed E-state index contributed by atoms with van der Waals surface area (Å²) in [4.78, 5) is 20.1. The van der Waals surface area contributed by atoms with Crippen LogP contribution in [0.4, 0.5) is 0 Å². The molecule has 22 heavy (non-hydrogen) atoms. The third kappa shape index (κ3) is 2.85. The van der Waals surface area contributed by atoms with Crippen LogP contribution in [-0.2, 0) is 10.0 Å². The van der Waals surface area contributed by atoms with Gasteiger partial charge in [-0.2, -0.15) is 0 Å². The Balaban J connectivity index is 1.90. The van der Waals surface area contributed by atoms with Gasteiger partial charge in [0.05, 0.1) is 11.1 Å². The molecule has 7 nitrogen and oxygen atoms in total. The Hall–Kier alpha value is -2.26. The van der Waals surface area contributed by atoms with Crippen LogP contribution in [0.2, 0.25) is 0 Å². The van der Waals surface area contributed by atoms with Crippen molar-refractivity contribution in [2.45, 2.75) is 4.90 Å². The van der Waals surface area contributed by atoms with Gasteiger partial charge < -0.3 is 4.40 Å². The molecule has 0 aliphatic carbocycles. The van der Waals surface area contributed by atoms with Crippen molar-refractivity contribution in [3.8, 4) is 0 Å². The summed E-state index contributed by atoms with van der Waals surface area (Å²) in [6.45, 7) is 0. The minimum atomic E-state index is -3.93. The minimum Gasteiger partial charge on any atom is -0.302 e. The zero-order chi connectivity index (χ0) is 15.7. The Labute approximate surface area is 134 Å². The lowest BCUT2D eigenvalue weighted by atomic mass is 10.4. The SMILES string of the molecule is O=C(NS(=O)(=O)c1ccccc1)c1cn2cc(Br)ncc2n1. The summed E-state index contributed by atoms with van der Waals surface area (Å²) in [5, 5.41) is 0. The number of rotatable bonds is 3. The maximum Gasteiger partial charge on any atom is 0.285 e. The van der Waals surface area contributed by atoms with E-state index in [0.717, 1.165) is 0 Å². The highest BCUT2D eigenvalue weighted by Gasteiger charge is 2.20. The lowest BCUT2D eigenvalue weighted by molar-refractivity contribution is 0.0977. The summed E-state index contributed by atoms with van der Waals surface area (Å²) >= 11 is 3.20. The maximum atomic E-state index is 12.1. The second kappa shape index (κ2) is 5.50. The number of hydrogen-bond donors (Lipinski definition) is 1. The zero-order valence-corrected chi connectivity index (χ0v) is 13.4. The molecule has 1 aromatic carbocycles. The highest BCUT2D eigenvalue weighted by atomic mass is 79.9. The molecule has 0 aliphatic heterocycles. The van der Waals surface area contributed by atoms with Crippen LogP contribution in [-0.4, -0.2) is 28.7 Å². The first-order valence-corrected chi connectivity index (χ1v) is 8.36. The van der Waals surface area contributed by atoms with E-state index >= 15 is 0 Å². The van der Waals surface area contributed by atoms with E-state index in [1.807, 2.05) is 4.72 Å². The molecule has 0 aliphatic rings. The summed E-state index contributed by atoms with van der Waals surface area (Å²) in [6, 6.07) is 7.65. The van der Waals surface area contributed by atoms with E-state index in [9.17, 15) is 13.2 Å². The summed E-state index contributed by atoms with van der Waals surface area (Å²) < 4.78 is 28.3. The molecule has 1 amide bonds. The second-order valence-corrected chi connectivity index (χ2v) is 6.84. The van der Waals surface area contributed by atoms with E-state index in [4.69, 9.17) is 0 Å². The Kier molecular flexibility index (Phi) is 3.67. The van der Waals surface area contributed by atoms with Gasteiger partial charge in [-0.3, -0.25) is 4.79 Å². The van der Waals surface area contributed by atoms with E-state index in [1.54, 1.807) is 28.8 Å². The average molecular weight is 381 g/mol. The lowest BCUT2D eigenvalue weighted by Crippen LogP contribution is -2.30. The third-order valence-corrected chi connectivity index (χ3v) is 4.58. The number of aromatic nitrogens is 3. The average Bonchev–Trinajstić information content (AvgIpc) is 2.91. The van der Waals surface area contributed by atoms with Crippen LogP contribution in [0.3, 0.4) is 0 Å². The first kappa shape index (κ1) is 14.7. The molecule has 0 atom stereocenters. The Morgan fingerprint density at radius 2 is 1.91 bits per heavy atom. The quantitative estimate of drug-likeness (QED) is 0.744.